The molecule has 0 aromatic heterocycles. The van der Waals surface area contributed by atoms with E-state index in [2.05, 4.69) is 0 Å². The van der Waals surface area contributed by atoms with E-state index in [1.165, 1.54) is 0 Å². The van der Waals surface area contributed by atoms with Crippen LogP contribution >= 0.6 is 0 Å². The van der Waals surface area contributed by atoms with E-state index in [1.807, 2.05) is 25.8 Å². The molecule has 1 fully saturated rings. The number of halogens is 2. The van der Waals surface area contributed by atoms with Crippen molar-refractivity contribution in [3.05, 3.63) is 0 Å². The predicted octanol–water partition coefficient (Wildman–Crippen LogP) is 3.15. The molecule has 1 unspecified atom stereocenters. The second kappa shape index (κ2) is 5.53. The van der Waals surface area contributed by atoms with Crippen LogP contribution in [0.5, 0.6) is 0 Å². The van der Waals surface area contributed by atoms with E-state index in [0.29, 0.717) is 0 Å². The highest BCUT2D eigenvalue weighted by atomic mass is 19.3. The molecule has 0 amide bonds. The number of rotatable bonds is 2. The molecule has 13 heavy (non-hydrogen) atoms. The summed E-state index contributed by atoms with van der Waals surface area (Å²) in [6.07, 6.45) is 2.01. The molecule has 0 spiro atoms. The summed E-state index contributed by atoms with van der Waals surface area (Å²) in [5.74, 6) is -2.50. The highest BCUT2D eigenvalue weighted by Crippen LogP contribution is 2.27. The molecule has 80 valence electrons. The lowest BCUT2D eigenvalue weighted by atomic mass is 10.1. The third-order valence-electron chi connectivity index (χ3n) is 2.27. The Kier molecular flexibility index (Phi) is 5.45. The van der Waals surface area contributed by atoms with E-state index in [9.17, 15) is 8.78 Å². The molecule has 1 saturated heterocycles. The minimum absolute atomic E-state index is 0.0174. The first-order valence-corrected chi connectivity index (χ1v) is 5.07. The molecule has 0 radical (unpaired) electrons. The summed E-state index contributed by atoms with van der Waals surface area (Å²) in [7, 11) is 1.92. The first-order valence-electron chi connectivity index (χ1n) is 5.07. The zero-order chi connectivity index (χ0) is 10.5. The first kappa shape index (κ1) is 12.8. The summed E-state index contributed by atoms with van der Waals surface area (Å²) in [6.45, 7) is 5.97. The van der Waals surface area contributed by atoms with Gasteiger partial charge in [-0.15, -0.1) is 0 Å². The van der Waals surface area contributed by atoms with Gasteiger partial charge in [0.25, 0.3) is 0 Å². The van der Waals surface area contributed by atoms with Gasteiger partial charge in [-0.3, -0.25) is 0 Å². The summed E-state index contributed by atoms with van der Waals surface area (Å²) in [5, 5.41) is 0. The molecule has 0 aromatic carbocycles. The van der Waals surface area contributed by atoms with Gasteiger partial charge in [0.2, 0.25) is 5.92 Å². The smallest absolute Gasteiger partial charge is 0.246 e. The minimum atomic E-state index is -2.50. The van der Waals surface area contributed by atoms with Crippen molar-refractivity contribution in [2.45, 2.75) is 52.0 Å². The molecule has 1 heterocycles. The maximum atomic E-state index is 12.5. The van der Waals surface area contributed by atoms with E-state index in [4.69, 9.17) is 0 Å². The third kappa shape index (κ3) is 5.19. The number of nitrogens with zero attached hydrogens (tertiary/aromatic N) is 1. The van der Waals surface area contributed by atoms with E-state index >= 15 is 0 Å². The van der Waals surface area contributed by atoms with Crippen LogP contribution in [0.2, 0.25) is 0 Å². The molecule has 3 heteroatoms. The Morgan fingerprint density at radius 3 is 2.23 bits per heavy atom. The largest absolute Gasteiger partial charge is 0.303 e. The lowest BCUT2D eigenvalue weighted by Gasteiger charge is -2.22. The van der Waals surface area contributed by atoms with Gasteiger partial charge in [-0.05, 0) is 33.4 Å². The number of alkyl halides is 2. The number of hydrogen-bond acceptors (Lipinski definition) is 1. The average molecular weight is 193 g/mol. The van der Waals surface area contributed by atoms with Crippen LogP contribution in [-0.4, -0.2) is 30.5 Å². The maximum absolute atomic E-state index is 12.5. The quantitative estimate of drug-likeness (QED) is 0.651. The monoisotopic (exact) mass is 193 g/mol. The summed E-state index contributed by atoms with van der Waals surface area (Å²) in [4.78, 5) is 2.03. The zero-order valence-electron chi connectivity index (χ0n) is 9.11. The molecule has 0 N–H and O–H groups in total. The lowest BCUT2D eigenvalue weighted by Crippen LogP contribution is -2.30. The van der Waals surface area contributed by atoms with Crippen LogP contribution in [0.4, 0.5) is 8.78 Å². The molecule has 0 saturated carbocycles. The summed E-state index contributed by atoms with van der Waals surface area (Å²) in [6, 6.07) is 0.106. The van der Waals surface area contributed by atoms with Crippen molar-refractivity contribution in [1.82, 2.24) is 4.90 Å². The summed E-state index contributed by atoms with van der Waals surface area (Å²) >= 11 is 0. The van der Waals surface area contributed by atoms with E-state index in [0.717, 1.165) is 26.3 Å². The van der Waals surface area contributed by atoms with Crippen molar-refractivity contribution in [3.8, 4) is 0 Å². The van der Waals surface area contributed by atoms with Gasteiger partial charge in [0.1, 0.15) is 0 Å². The molecule has 1 rings (SSSR count). The van der Waals surface area contributed by atoms with Crippen molar-refractivity contribution in [1.29, 1.82) is 0 Å². The predicted molar refractivity (Wildman–Crippen MR) is 52.2 cm³/mol. The van der Waals surface area contributed by atoms with Crippen LogP contribution in [0, 0.1) is 0 Å². The van der Waals surface area contributed by atoms with Gasteiger partial charge in [-0.1, -0.05) is 13.8 Å². The van der Waals surface area contributed by atoms with Crippen molar-refractivity contribution < 1.29 is 8.78 Å². The third-order valence-corrected chi connectivity index (χ3v) is 2.27. The average Bonchev–Trinajstić information content (AvgIpc) is 2.38. The van der Waals surface area contributed by atoms with Crippen molar-refractivity contribution in [2.75, 3.05) is 13.6 Å². The van der Waals surface area contributed by atoms with Crippen LogP contribution in [-0.2, 0) is 0 Å². The maximum Gasteiger partial charge on any atom is 0.246 e. The fourth-order valence-electron chi connectivity index (χ4n) is 1.65. The van der Waals surface area contributed by atoms with Crippen LogP contribution in [0.15, 0.2) is 0 Å². The van der Waals surface area contributed by atoms with Gasteiger partial charge in [0.15, 0.2) is 0 Å². The van der Waals surface area contributed by atoms with Crippen LogP contribution < -0.4 is 0 Å². The molecule has 1 atom stereocenters. The molecule has 1 aliphatic rings. The Bertz CT molecular complexity index is 131. The zero-order valence-corrected chi connectivity index (χ0v) is 9.11. The molecular weight excluding hydrogens is 172 g/mol. The fraction of sp³-hybridized carbons (Fsp3) is 1.00. The second-order valence-corrected chi connectivity index (χ2v) is 3.55. The van der Waals surface area contributed by atoms with E-state index < -0.39 is 5.92 Å². The first-order chi connectivity index (χ1) is 5.99. The molecule has 1 aliphatic heterocycles. The SMILES string of the molecule is CC.CN1CCCC1CC(C)(F)F. The molecule has 1 nitrogen and oxygen atoms in total. The Balaban J connectivity index is 0.000000671. The van der Waals surface area contributed by atoms with Crippen molar-refractivity contribution >= 4 is 0 Å². The second-order valence-electron chi connectivity index (χ2n) is 3.55. The fourth-order valence-corrected chi connectivity index (χ4v) is 1.65. The molecular formula is C10H21F2N. The van der Waals surface area contributed by atoms with Gasteiger partial charge < -0.3 is 4.90 Å². The van der Waals surface area contributed by atoms with E-state index in [1.54, 1.807) is 0 Å². The van der Waals surface area contributed by atoms with Gasteiger partial charge in [-0.2, -0.15) is 0 Å². The Hall–Kier alpha value is -0.180. The van der Waals surface area contributed by atoms with Gasteiger partial charge >= 0.3 is 0 Å². The van der Waals surface area contributed by atoms with Crippen LogP contribution in [0.3, 0.4) is 0 Å². The number of likely N-dealkylation sites (tertiary alicyclic amines) is 1. The highest BCUT2D eigenvalue weighted by molar-refractivity contribution is 4.80. The lowest BCUT2D eigenvalue weighted by molar-refractivity contribution is -0.00661. The topological polar surface area (TPSA) is 3.24 Å². The Morgan fingerprint density at radius 1 is 1.38 bits per heavy atom. The summed E-state index contributed by atoms with van der Waals surface area (Å²) in [5.41, 5.74) is 0. The normalized spacial score (nSPS) is 24.0. The molecule has 0 aliphatic carbocycles. The van der Waals surface area contributed by atoms with Crippen LogP contribution in [0.25, 0.3) is 0 Å². The summed E-state index contributed by atoms with van der Waals surface area (Å²) < 4.78 is 25.0. The van der Waals surface area contributed by atoms with Crippen LogP contribution in [0.1, 0.15) is 40.0 Å². The van der Waals surface area contributed by atoms with Gasteiger partial charge in [0.05, 0.1) is 0 Å². The standard InChI is InChI=1S/C8H15F2N.C2H6/c1-8(9,10)6-7-4-3-5-11(7)2;1-2/h7H,3-6H2,1-2H3;1-2H3. The van der Waals surface area contributed by atoms with Crippen molar-refractivity contribution in [2.24, 2.45) is 0 Å². The molecule has 0 aromatic rings. The minimum Gasteiger partial charge on any atom is -0.303 e. The highest BCUT2D eigenvalue weighted by Gasteiger charge is 2.31. The van der Waals surface area contributed by atoms with E-state index in [-0.39, 0.29) is 12.5 Å². The van der Waals surface area contributed by atoms with Gasteiger partial charge in [-0.25, -0.2) is 8.78 Å². The Morgan fingerprint density at radius 2 is 1.92 bits per heavy atom. The Labute approximate surface area is 80.1 Å². The van der Waals surface area contributed by atoms with Crippen molar-refractivity contribution in [3.63, 3.8) is 0 Å². The van der Waals surface area contributed by atoms with Gasteiger partial charge in [0, 0.05) is 12.5 Å². The molecule has 0 bridgehead atoms. The number of hydrogen-bond donors (Lipinski definition) is 0.